The number of carbonyl (C=O) groups excluding carboxylic acids is 1. The second-order valence-electron chi connectivity index (χ2n) is 5.28. The summed E-state index contributed by atoms with van der Waals surface area (Å²) < 4.78 is 5.27. The van der Waals surface area contributed by atoms with Gasteiger partial charge in [0.25, 0.3) is 0 Å². The fraction of sp³-hybridized carbons (Fsp3) is 0.909. The van der Waals surface area contributed by atoms with Crippen LogP contribution in [0.3, 0.4) is 0 Å². The fourth-order valence-electron chi connectivity index (χ4n) is 1.77. The average Bonchev–Trinajstić information content (AvgIpc) is 2.26. The Morgan fingerprint density at radius 3 is 2.35 bits per heavy atom. The van der Waals surface area contributed by atoms with E-state index in [2.05, 4.69) is 5.18 Å². The predicted molar refractivity (Wildman–Crippen MR) is 66.0 cm³/mol. The van der Waals surface area contributed by atoms with E-state index in [0.717, 1.165) is 0 Å². The molecule has 0 radical (unpaired) electrons. The molecule has 5 nitrogen and oxygen atoms in total. The van der Waals surface area contributed by atoms with Gasteiger partial charge < -0.3 is 9.64 Å². The van der Waals surface area contributed by atoms with Crippen molar-refractivity contribution >= 4 is 17.7 Å². The Hall–Kier alpha value is -0.840. The van der Waals surface area contributed by atoms with Gasteiger partial charge in [0, 0.05) is 19.0 Å². The third-order valence-electron chi connectivity index (χ3n) is 2.68. The lowest BCUT2D eigenvalue weighted by molar-refractivity contribution is 0.0183. The first-order chi connectivity index (χ1) is 7.83. The van der Waals surface area contributed by atoms with E-state index in [1.807, 2.05) is 20.8 Å². The molecule has 1 atom stereocenters. The second-order valence-corrected chi connectivity index (χ2v) is 5.73. The van der Waals surface area contributed by atoms with Crippen LogP contribution in [-0.4, -0.2) is 35.2 Å². The molecule has 1 rings (SSSR count). The smallest absolute Gasteiger partial charge is 0.410 e. The molecule has 0 N–H and O–H groups in total. The van der Waals surface area contributed by atoms with E-state index in [0.29, 0.717) is 25.9 Å². The molecule has 0 aromatic carbocycles. The molecule has 1 saturated heterocycles. The van der Waals surface area contributed by atoms with Crippen molar-refractivity contribution in [3.8, 4) is 0 Å². The van der Waals surface area contributed by atoms with Crippen molar-refractivity contribution in [2.24, 2.45) is 11.1 Å². The Labute approximate surface area is 106 Å². The van der Waals surface area contributed by atoms with Crippen LogP contribution in [0.5, 0.6) is 0 Å². The second kappa shape index (κ2) is 5.67. The lowest BCUT2D eigenvalue weighted by Gasteiger charge is -2.33. The number of hydrogen-bond donors (Lipinski definition) is 0. The highest BCUT2D eigenvalue weighted by atomic mass is 35.5. The SMILES string of the molecule is CC(C)(C)OC(=O)N1CCC(C(Cl)N=O)CC1. The van der Waals surface area contributed by atoms with Crippen molar-refractivity contribution in [3.05, 3.63) is 4.91 Å². The van der Waals surface area contributed by atoms with E-state index in [4.69, 9.17) is 16.3 Å². The number of piperidine rings is 1. The summed E-state index contributed by atoms with van der Waals surface area (Å²) in [6.45, 7) is 6.64. The Bertz CT molecular complexity index is 283. The molecule has 1 heterocycles. The third kappa shape index (κ3) is 4.50. The highest BCUT2D eigenvalue weighted by Gasteiger charge is 2.30. The van der Waals surface area contributed by atoms with Gasteiger partial charge in [-0.05, 0) is 38.8 Å². The van der Waals surface area contributed by atoms with Crippen molar-refractivity contribution in [3.63, 3.8) is 0 Å². The van der Waals surface area contributed by atoms with Crippen molar-refractivity contribution in [1.82, 2.24) is 4.90 Å². The molecule has 0 aromatic rings. The maximum atomic E-state index is 11.7. The van der Waals surface area contributed by atoms with E-state index in [1.54, 1.807) is 4.90 Å². The van der Waals surface area contributed by atoms with Crippen molar-refractivity contribution in [2.75, 3.05) is 13.1 Å². The molecular formula is C11H19ClN2O3. The summed E-state index contributed by atoms with van der Waals surface area (Å²) in [6.07, 6.45) is 1.08. The maximum Gasteiger partial charge on any atom is 0.410 e. The van der Waals surface area contributed by atoms with E-state index in [1.165, 1.54) is 0 Å². The topological polar surface area (TPSA) is 59.0 Å². The summed E-state index contributed by atoms with van der Waals surface area (Å²) in [4.78, 5) is 23.7. The molecule has 17 heavy (non-hydrogen) atoms. The Morgan fingerprint density at radius 2 is 1.94 bits per heavy atom. The average molecular weight is 263 g/mol. The molecule has 0 aliphatic carbocycles. The largest absolute Gasteiger partial charge is 0.444 e. The quantitative estimate of drug-likeness (QED) is 0.437. The molecule has 98 valence electrons. The number of nitrogens with zero attached hydrogens (tertiary/aromatic N) is 2. The molecule has 0 aromatic heterocycles. The molecule has 6 heteroatoms. The summed E-state index contributed by atoms with van der Waals surface area (Å²) in [6, 6.07) is 0. The minimum atomic E-state index is -0.684. The monoisotopic (exact) mass is 262 g/mol. The van der Waals surface area contributed by atoms with E-state index in [-0.39, 0.29) is 12.0 Å². The first-order valence-corrected chi connectivity index (χ1v) is 6.21. The molecule has 1 aliphatic heterocycles. The molecular weight excluding hydrogens is 244 g/mol. The first kappa shape index (κ1) is 14.2. The molecule has 1 unspecified atom stereocenters. The van der Waals surface area contributed by atoms with Gasteiger partial charge >= 0.3 is 6.09 Å². The Balaban J connectivity index is 2.41. The predicted octanol–water partition coefficient (Wildman–Crippen LogP) is 2.96. The number of alkyl halides is 1. The number of amides is 1. The Morgan fingerprint density at radius 1 is 1.41 bits per heavy atom. The van der Waals surface area contributed by atoms with Gasteiger partial charge in [0.1, 0.15) is 5.60 Å². The molecule has 0 spiro atoms. The van der Waals surface area contributed by atoms with Gasteiger partial charge in [0.05, 0.1) is 0 Å². The van der Waals surface area contributed by atoms with Crippen molar-refractivity contribution in [1.29, 1.82) is 0 Å². The number of ether oxygens (including phenoxy) is 1. The molecule has 1 amide bonds. The molecule has 0 saturated carbocycles. The normalized spacial score (nSPS) is 19.9. The van der Waals surface area contributed by atoms with Crippen LogP contribution in [0.2, 0.25) is 0 Å². The third-order valence-corrected chi connectivity index (χ3v) is 3.12. The minimum Gasteiger partial charge on any atom is -0.444 e. The van der Waals surface area contributed by atoms with Crippen molar-refractivity contribution < 1.29 is 9.53 Å². The number of hydrogen-bond acceptors (Lipinski definition) is 4. The van der Waals surface area contributed by atoms with Crippen LogP contribution in [0, 0.1) is 10.8 Å². The zero-order valence-electron chi connectivity index (χ0n) is 10.5. The number of halogens is 1. The van der Waals surface area contributed by atoms with Crippen molar-refractivity contribution in [2.45, 2.75) is 44.7 Å². The van der Waals surface area contributed by atoms with Crippen LogP contribution in [0.15, 0.2) is 5.18 Å². The van der Waals surface area contributed by atoms with Crippen LogP contribution in [0.1, 0.15) is 33.6 Å². The van der Waals surface area contributed by atoms with Crippen LogP contribution in [-0.2, 0) is 4.74 Å². The minimum absolute atomic E-state index is 0.0628. The van der Waals surface area contributed by atoms with E-state index >= 15 is 0 Å². The summed E-state index contributed by atoms with van der Waals surface area (Å²) in [5.74, 6) is 0.0628. The van der Waals surface area contributed by atoms with Crippen LogP contribution in [0.4, 0.5) is 4.79 Å². The highest BCUT2D eigenvalue weighted by molar-refractivity contribution is 6.20. The molecule has 1 fully saturated rings. The van der Waals surface area contributed by atoms with Crippen LogP contribution >= 0.6 is 11.6 Å². The van der Waals surface area contributed by atoms with Gasteiger partial charge in [-0.15, -0.1) is 4.91 Å². The Kier molecular flexibility index (Phi) is 4.74. The maximum absolute atomic E-state index is 11.7. The standard InChI is InChI=1S/C11H19ClN2O3/c1-11(2,3)17-10(15)14-6-4-8(5-7-14)9(12)13-16/h8-9H,4-7H2,1-3H3. The number of likely N-dealkylation sites (tertiary alicyclic amines) is 1. The molecule has 1 aliphatic rings. The lowest BCUT2D eigenvalue weighted by atomic mass is 9.97. The number of nitroso groups, excluding NO2 is 1. The highest BCUT2D eigenvalue weighted by Crippen LogP contribution is 2.25. The van der Waals surface area contributed by atoms with Gasteiger partial charge in [-0.1, -0.05) is 11.6 Å². The zero-order valence-corrected chi connectivity index (χ0v) is 11.2. The molecule has 0 bridgehead atoms. The van der Waals surface area contributed by atoms with E-state index in [9.17, 15) is 9.70 Å². The van der Waals surface area contributed by atoms with Gasteiger partial charge in [-0.3, -0.25) is 0 Å². The lowest BCUT2D eigenvalue weighted by Crippen LogP contribution is -2.42. The van der Waals surface area contributed by atoms with Crippen LogP contribution in [0.25, 0.3) is 0 Å². The summed E-state index contributed by atoms with van der Waals surface area (Å²) in [5, 5.41) is 2.82. The van der Waals surface area contributed by atoms with E-state index < -0.39 is 11.1 Å². The van der Waals surface area contributed by atoms with Gasteiger partial charge in [0.2, 0.25) is 0 Å². The van der Waals surface area contributed by atoms with Gasteiger partial charge in [0.15, 0.2) is 5.50 Å². The number of carbonyl (C=O) groups is 1. The summed E-state index contributed by atoms with van der Waals surface area (Å²) in [7, 11) is 0. The van der Waals surface area contributed by atoms with Gasteiger partial charge in [-0.25, -0.2) is 4.79 Å². The summed E-state index contributed by atoms with van der Waals surface area (Å²) in [5.41, 5.74) is -1.16. The van der Waals surface area contributed by atoms with Gasteiger partial charge in [-0.2, -0.15) is 0 Å². The zero-order chi connectivity index (χ0) is 13.1. The van der Waals surface area contributed by atoms with Crippen LogP contribution < -0.4 is 0 Å². The first-order valence-electron chi connectivity index (χ1n) is 5.78. The number of rotatable bonds is 2. The fourth-order valence-corrected chi connectivity index (χ4v) is 2.02. The summed E-state index contributed by atoms with van der Waals surface area (Å²) >= 11 is 5.76.